The van der Waals surface area contributed by atoms with Crippen molar-refractivity contribution in [2.45, 2.75) is 52.6 Å². The van der Waals surface area contributed by atoms with Crippen LogP contribution in [0.2, 0.25) is 0 Å². The van der Waals surface area contributed by atoms with E-state index in [9.17, 15) is 4.79 Å². The molecule has 0 aliphatic carbocycles. The number of rotatable bonds is 3. The second-order valence-electron chi connectivity index (χ2n) is 4.39. The molecule has 14 heavy (non-hydrogen) atoms. The van der Waals surface area contributed by atoms with Gasteiger partial charge in [0, 0.05) is 12.0 Å². The number of hydrogen-bond acceptors (Lipinski definition) is 2. The van der Waals surface area contributed by atoms with Gasteiger partial charge in [-0.25, -0.2) is 0 Å². The monoisotopic (exact) mass is 199 g/mol. The SMILES string of the molecule is CCC(N)=NC(C)C(=O)NC(C)(C)C. The van der Waals surface area contributed by atoms with E-state index in [4.69, 9.17) is 5.73 Å². The van der Waals surface area contributed by atoms with Gasteiger partial charge in [-0.15, -0.1) is 0 Å². The molecule has 4 nitrogen and oxygen atoms in total. The van der Waals surface area contributed by atoms with Crippen LogP contribution in [-0.2, 0) is 4.79 Å². The molecule has 1 unspecified atom stereocenters. The largest absolute Gasteiger partial charge is 0.387 e. The molecule has 0 fully saturated rings. The average molecular weight is 199 g/mol. The third-order valence-electron chi connectivity index (χ3n) is 1.60. The maximum atomic E-state index is 11.5. The number of amidine groups is 1. The summed E-state index contributed by atoms with van der Waals surface area (Å²) < 4.78 is 0. The molecule has 0 rings (SSSR count). The number of nitrogens with zero attached hydrogens (tertiary/aromatic N) is 1. The van der Waals surface area contributed by atoms with Crippen LogP contribution in [0.1, 0.15) is 41.0 Å². The van der Waals surface area contributed by atoms with Crippen molar-refractivity contribution in [2.75, 3.05) is 0 Å². The fraction of sp³-hybridized carbons (Fsp3) is 0.800. The van der Waals surface area contributed by atoms with Crippen LogP contribution in [0.4, 0.5) is 0 Å². The van der Waals surface area contributed by atoms with Crippen LogP contribution in [0.25, 0.3) is 0 Å². The zero-order valence-corrected chi connectivity index (χ0v) is 9.72. The molecule has 0 aromatic heterocycles. The molecule has 0 aliphatic heterocycles. The molecule has 0 bridgehead atoms. The molecule has 82 valence electrons. The van der Waals surface area contributed by atoms with Gasteiger partial charge in [0.05, 0.1) is 5.84 Å². The van der Waals surface area contributed by atoms with Crippen molar-refractivity contribution < 1.29 is 4.79 Å². The van der Waals surface area contributed by atoms with E-state index in [1.165, 1.54) is 0 Å². The van der Waals surface area contributed by atoms with E-state index in [0.29, 0.717) is 12.3 Å². The van der Waals surface area contributed by atoms with E-state index >= 15 is 0 Å². The van der Waals surface area contributed by atoms with Crippen molar-refractivity contribution in [3.05, 3.63) is 0 Å². The summed E-state index contributed by atoms with van der Waals surface area (Å²) in [4.78, 5) is 15.6. The fourth-order valence-electron chi connectivity index (χ4n) is 0.873. The van der Waals surface area contributed by atoms with Crippen LogP contribution in [-0.4, -0.2) is 23.3 Å². The number of aliphatic imine (C=N–C) groups is 1. The molecule has 0 saturated carbocycles. The average Bonchev–Trinajstić information content (AvgIpc) is 2.00. The summed E-state index contributed by atoms with van der Waals surface area (Å²) in [7, 11) is 0. The summed E-state index contributed by atoms with van der Waals surface area (Å²) in [6.07, 6.45) is 0.674. The standard InChI is InChI=1S/C10H21N3O/c1-6-8(11)12-7(2)9(14)13-10(3,4)5/h7H,6H2,1-5H3,(H2,11,12)(H,13,14). The smallest absolute Gasteiger partial charge is 0.244 e. The summed E-state index contributed by atoms with van der Waals surface area (Å²) >= 11 is 0. The quantitative estimate of drug-likeness (QED) is 0.527. The lowest BCUT2D eigenvalue weighted by Crippen LogP contribution is -2.45. The summed E-state index contributed by atoms with van der Waals surface area (Å²) in [6.45, 7) is 9.45. The predicted molar refractivity (Wildman–Crippen MR) is 59.3 cm³/mol. The first-order chi connectivity index (χ1) is 6.26. The highest BCUT2D eigenvalue weighted by atomic mass is 16.2. The number of carbonyl (C=O) groups excluding carboxylic acids is 1. The van der Waals surface area contributed by atoms with Crippen molar-refractivity contribution in [3.8, 4) is 0 Å². The molecule has 0 saturated heterocycles. The summed E-state index contributed by atoms with van der Waals surface area (Å²) in [6, 6.07) is -0.408. The number of nitrogens with two attached hydrogens (primary N) is 1. The molecule has 0 aromatic rings. The van der Waals surface area contributed by atoms with Crippen molar-refractivity contribution in [2.24, 2.45) is 10.7 Å². The Morgan fingerprint density at radius 3 is 2.36 bits per heavy atom. The number of carbonyl (C=O) groups is 1. The Hall–Kier alpha value is -1.06. The van der Waals surface area contributed by atoms with Gasteiger partial charge in [0.1, 0.15) is 6.04 Å². The van der Waals surface area contributed by atoms with E-state index in [1.54, 1.807) is 6.92 Å². The lowest BCUT2D eigenvalue weighted by Gasteiger charge is -2.22. The van der Waals surface area contributed by atoms with Crippen LogP contribution in [0, 0.1) is 0 Å². The Morgan fingerprint density at radius 1 is 1.50 bits per heavy atom. The van der Waals surface area contributed by atoms with Gasteiger partial charge in [0.15, 0.2) is 0 Å². The van der Waals surface area contributed by atoms with E-state index in [1.807, 2.05) is 27.7 Å². The zero-order chi connectivity index (χ0) is 11.4. The molecule has 0 heterocycles. The van der Waals surface area contributed by atoms with Gasteiger partial charge >= 0.3 is 0 Å². The third-order valence-corrected chi connectivity index (χ3v) is 1.60. The molecule has 1 atom stereocenters. The van der Waals surface area contributed by atoms with Gasteiger partial charge in [-0.3, -0.25) is 9.79 Å². The minimum absolute atomic E-state index is 0.0890. The van der Waals surface area contributed by atoms with Crippen molar-refractivity contribution in [1.82, 2.24) is 5.32 Å². The lowest BCUT2D eigenvalue weighted by atomic mass is 10.1. The molecule has 3 N–H and O–H groups in total. The maximum Gasteiger partial charge on any atom is 0.244 e. The first-order valence-electron chi connectivity index (χ1n) is 4.90. The maximum absolute atomic E-state index is 11.5. The number of hydrogen-bond donors (Lipinski definition) is 2. The Bertz CT molecular complexity index is 228. The van der Waals surface area contributed by atoms with Crippen LogP contribution >= 0.6 is 0 Å². The van der Waals surface area contributed by atoms with Gasteiger partial charge in [-0.2, -0.15) is 0 Å². The third kappa shape index (κ3) is 5.56. The highest BCUT2D eigenvalue weighted by Crippen LogP contribution is 2.01. The first kappa shape index (κ1) is 12.9. The minimum atomic E-state index is -0.408. The normalized spacial score (nSPS) is 15.1. The van der Waals surface area contributed by atoms with Gasteiger partial charge in [-0.1, -0.05) is 6.92 Å². The Labute approximate surface area is 86.0 Å². The molecule has 4 heteroatoms. The van der Waals surface area contributed by atoms with Gasteiger partial charge in [-0.05, 0) is 27.7 Å². The summed E-state index contributed by atoms with van der Waals surface area (Å²) in [5.41, 5.74) is 5.33. The van der Waals surface area contributed by atoms with Crippen molar-refractivity contribution >= 4 is 11.7 Å². The molecule has 0 aromatic carbocycles. The summed E-state index contributed by atoms with van der Waals surface area (Å²) in [5, 5.41) is 2.85. The van der Waals surface area contributed by atoms with E-state index in [0.717, 1.165) is 0 Å². The van der Waals surface area contributed by atoms with Crippen molar-refractivity contribution in [1.29, 1.82) is 0 Å². The van der Waals surface area contributed by atoms with Gasteiger partial charge < -0.3 is 11.1 Å². The minimum Gasteiger partial charge on any atom is -0.387 e. The predicted octanol–water partition coefficient (Wildman–Crippen LogP) is 1.06. The lowest BCUT2D eigenvalue weighted by molar-refractivity contribution is -0.123. The zero-order valence-electron chi connectivity index (χ0n) is 9.72. The molecular formula is C10H21N3O. The fourth-order valence-corrected chi connectivity index (χ4v) is 0.873. The Balaban J connectivity index is 4.27. The molecule has 1 amide bonds. The first-order valence-corrected chi connectivity index (χ1v) is 4.90. The second kappa shape index (κ2) is 4.98. The summed E-state index contributed by atoms with van der Waals surface area (Å²) in [5.74, 6) is 0.426. The Kier molecular flexibility index (Phi) is 4.60. The van der Waals surface area contributed by atoms with Gasteiger partial charge in [0.2, 0.25) is 5.91 Å². The van der Waals surface area contributed by atoms with E-state index < -0.39 is 6.04 Å². The highest BCUT2D eigenvalue weighted by Gasteiger charge is 2.18. The molecule has 0 radical (unpaired) electrons. The molecular weight excluding hydrogens is 178 g/mol. The van der Waals surface area contributed by atoms with Crippen molar-refractivity contribution in [3.63, 3.8) is 0 Å². The van der Waals surface area contributed by atoms with E-state index in [2.05, 4.69) is 10.3 Å². The van der Waals surface area contributed by atoms with Gasteiger partial charge in [0.25, 0.3) is 0 Å². The van der Waals surface area contributed by atoms with Crippen LogP contribution in [0.5, 0.6) is 0 Å². The molecule has 0 spiro atoms. The molecule has 0 aliphatic rings. The number of nitrogens with one attached hydrogen (secondary N) is 1. The second-order valence-corrected chi connectivity index (χ2v) is 4.39. The van der Waals surface area contributed by atoms with Crippen LogP contribution in [0.3, 0.4) is 0 Å². The van der Waals surface area contributed by atoms with Crippen LogP contribution in [0.15, 0.2) is 4.99 Å². The Morgan fingerprint density at radius 2 is 2.00 bits per heavy atom. The van der Waals surface area contributed by atoms with Crippen LogP contribution < -0.4 is 11.1 Å². The topological polar surface area (TPSA) is 67.5 Å². The highest BCUT2D eigenvalue weighted by molar-refractivity contribution is 5.87. The number of amides is 1. The van der Waals surface area contributed by atoms with E-state index in [-0.39, 0.29) is 11.4 Å².